The third kappa shape index (κ3) is 4.06. The first-order valence-corrected chi connectivity index (χ1v) is 11.3. The fraction of sp³-hybridized carbons (Fsp3) is 0.280. The van der Waals surface area contributed by atoms with Crippen molar-refractivity contribution in [2.24, 2.45) is 0 Å². The van der Waals surface area contributed by atoms with Crippen LogP contribution < -0.4 is 5.32 Å². The Labute approximate surface area is 196 Å². The van der Waals surface area contributed by atoms with Gasteiger partial charge in [0.05, 0.1) is 25.7 Å². The molecule has 174 valence electrons. The van der Waals surface area contributed by atoms with Crippen LogP contribution in [0, 0.1) is 0 Å². The average molecular weight is 459 g/mol. The highest BCUT2D eigenvalue weighted by molar-refractivity contribution is 5.96. The zero-order valence-electron chi connectivity index (χ0n) is 18.9. The number of fused-ring (bicyclic) bond motifs is 2. The number of nitrogens with zero attached hydrogens (tertiary/aromatic N) is 5. The topological polar surface area (TPSA) is 105 Å². The van der Waals surface area contributed by atoms with E-state index in [1.54, 1.807) is 15.8 Å². The molecule has 5 rings (SSSR count). The molecule has 1 aliphatic heterocycles. The van der Waals surface area contributed by atoms with Crippen LogP contribution in [0.25, 0.3) is 5.65 Å². The number of hydrogen-bond donors (Lipinski definition) is 2. The summed E-state index contributed by atoms with van der Waals surface area (Å²) in [5, 5.41) is 17.0. The summed E-state index contributed by atoms with van der Waals surface area (Å²) in [6, 6.07) is 15.1. The Morgan fingerprint density at radius 2 is 1.94 bits per heavy atom. The zero-order chi connectivity index (χ0) is 23.7. The molecule has 1 aromatic carbocycles. The van der Waals surface area contributed by atoms with Crippen LogP contribution in [-0.2, 0) is 19.5 Å². The van der Waals surface area contributed by atoms with Gasteiger partial charge in [-0.2, -0.15) is 5.10 Å². The van der Waals surface area contributed by atoms with Gasteiger partial charge in [0.15, 0.2) is 5.69 Å². The highest BCUT2D eigenvalue weighted by Gasteiger charge is 2.31. The molecule has 34 heavy (non-hydrogen) atoms. The number of hydrogen-bond acceptors (Lipinski definition) is 5. The zero-order valence-corrected chi connectivity index (χ0v) is 18.9. The van der Waals surface area contributed by atoms with Crippen molar-refractivity contribution in [2.45, 2.75) is 32.5 Å². The van der Waals surface area contributed by atoms with Crippen LogP contribution in [0.1, 0.15) is 50.8 Å². The molecule has 0 bridgehead atoms. The van der Waals surface area contributed by atoms with E-state index >= 15 is 0 Å². The number of nitrogens with one attached hydrogen (secondary N) is 1. The van der Waals surface area contributed by atoms with E-state index in [2.05, 4.69) is 15.4 Å². The van der Waals surface area contributed by atoms with Gasteiger partial charge in [-0.05, 0) is 24.6 Å². The van der Waals surface area contributed by atoms with Gasteiger partial charge in [-0.3, -0.25) is 14.3 Å². The minimum atomic E-state index is -0.300. The van der Waals surface area contributed by atoms with E-state index in [1.165, 1.54) is 0 Å². The SMILES string of the molecule is C[C@@H](NC(=O)c1nn(CCO)c2c1CN(C(=O)c1cn3ccccc3n1)CC2)c1ccccc1. The molecule has 9 heteroatoms. The number of carbonyl (C=O) groups excluding carboxylic acids is 2. The molecule has 0 fully saturated rings. The van der Waals surface area contributed by atoms with E-state index in [0.29, 0.717) is 36.5 Å². The minimum Gasteiger partial charge on any atom is -0.394 e. The summed E-state index contributed by atoms with van der Waals surface area (Å²) in [5.74, 6) is -0.486. The lowest BCUT2D eigenvalue weighted by Crippen LogP contribution is -2.37. The van der Waals surface area contributed by atoms with Crippen molar-refractivity contribution >= 4 is 17.5 Å². The van der Waals surface area contributed by atoms with E-state index in [1.807, 2.05) is 66.1 Å². The first-order chi connectivity index (χ1) is 16.5. The van der Waals surface area contributed by atoms with Crippen LogP contribution in [-0.4, -0.2) is 54.1 Å². The van der Waals surface area contributed by atoms with Gasteiger partial charge < -0.3 is 19.7 Å². The van der Waals surface area contributed by atoms with E-state index in [0.717, 1.165) is 16.8 Å². The summed E-state index contributed by atoms with van der Waals surface area (Å²) < 4.78 is 3.50. The summed E-state index contributed by atoms with van der Waals surface area (Å²) in [4.78, 5) is 32.6. The van der Waals surface area contributed by atoms with Gasteiger partial charge in [0.2, 0.25) is 0 Å². The Morgan fingerprint density at radius 1 is 1.15 bits per heavy atom. The quantitative estimate of drug-likeness (QED) is 0.461. The second-order valence-electron chi connectivity index (χ2n) is 8.40. The molecule has 0 saturated carbocycles. The molecule has 0 radical (unpaired) electrons. The van der Waals surface area contributed by atoms with E-state index in [-0.39, 0.29) is 31.0 Å². The van der Waals surface area contributed by atoms with Crippen LogP contribution in [0.5, 0.6) is 0 Å². The second kappa shape index (κ2) is 9.11. The lowest BCUT2D eigenvalue weighted by Gasteiger charge is -2.27. The van der Waals surface area contributed by atoms with Gasteiger partial charge in [-0.25, -0.2) is 4.98 Å². The maximum atomic E-state index is 13.2. The molecule has 4 heterocycles. The predicted molar refractivity (Wildman–Crippen MR) is 125 cm³/mol. The number of aliphatic hydroxyl groups is 1. The van der Waals surface area contributed by atoms with Crippen LogP contribution >= 0.6 is 0 Å². The van der Waals surface area contributed by atoms with Gasteiger partial charge >= 0.3 is 0 Å². The molecule has 0 spiro atoms. The third-order valence-corrected chi connectivity index (χ3v) is 6.18. The number of aliphatic hydroxyl groups excluding tert-OH is 1. The molecule has 0 saturated heterocycles. The maximum absolute atomic E-state index is 13.2. The van der Waals surface area contributed by atoms with Crippen molar-refractivity contribution in [2.75, 3.05) is 13.2 Å². The number of amides is 2. The number of aromatic nitrogens is 4. The predicted octanol–water partition coefficient (Wildman–Crippen LogP) is 2.21. The number of carbonyl (C=O) groups is 2. The Hall–Kier alpha value is -3.98. The third-order valence-electron chi connectivity index (χ3n) is 6.18. The minimum absolute atomic E-state index is 0.0838. The van der Waals surface area contributed by atoms with E-state index in [4.69, 9.17) is 0 Å². The standard InChI is InChI=1S/C25H26N6O3/c1-17(18-7-3-2-4-8-18)26-24(33)23-19-15-30(12-10-21(19)31(28-23)13-14-32)25(34)20-16-29-11-6-5-9-22(29)27-20/h2-9,11,16-17,32H,10,12-15H2,1H3,(H,26,33)/t17-/m1/s1. The highest BCUT2D eigenvalue weighted by Crippen LogP contribution is 2.25. The Kier molecular flexibility index (Phi) is 5.85. The lowest BCUT2D eigenvalue weighted by atomic mass is 10.0. The van der Waals surface area contributed by atoms with Crippen LogP contribution in [0.3, 0.4) is 0 Å². The van der Waals surface area contributed by atoms with Crippen LogP contribution in [0.2, 0.25) is 0 Å². The van der Waals surface area contributed by atoms with Gasteiger partial charge in [0.1, 0.15) is 11.3 Å². The smallest absolute Gasteiger partial charge is 0.274 e. The fourth-order valence-electron chi connectivity index (χ4n) is 4.42. The molecule has 3 aromatic heterocycles. The first kappa shape index (κ1) is 21.8. The maximum Gasteiger partial charge on any atom is 0.274 e. The average Bonchev–Trinajstić information content (AvgIpc) is 3.46. The van der Waals surface area contributed by atoms with E-state index < -0.39 is 0 Å². The summed E-state index contributed by atoms with van der Waals surface area (Å²) in [5.41, 5.74) is 3.94. The number of imidazole rings is 1. The summed E-state index contributed by atoms with van der Waals surface area (Å²) in [6.45, 7) is 2.88. The van der Waals surface area contributed by atoms with Crippen molar-refractivity contribution in [1.29, 1.82) is 0 Å². The first-order valence-electron chi connectivity index (χ1n) is 11.3. The molecular weight excluding hydrogens is 432 g/mol. The molecule has 1 atom stereocenters. The summed E-state index contributed by atoms with van der Waals surface area (Å²) in [7, 11) is 0. The Morgan fingerprint density at radius 3 is 2.71 bits per heavy atom. The Bertz CT molecular complexity index is 1310. The molecule has 9 nitrogen and oxygen atoms in total. The molecule has 2 amide bonds. The lowest BCUT2D eigenvalue weighted by molar-refractivity contribution is 0.0724. The van der Waals surface area contributed by atoms with Crippen molar-refractivity contribution in [3.05, 3.63) is 89.1 Å². The molecule has 1 aliphatic rings. The second-order valence-corrected chi connectivity index (χ2v) is 8.40. The van der Waals surface area contributed by atoms with Gasteiger partial charge in [-0.1, -0.05) is 36.4 Å². The largest absolute Gasteiger partial charge is 0.394 e. The van der Waals surface area contributed by atoms with E-state index in [9.17, 15) is 14.7 Å². The van der Waals surface area contributed by atoms with Crippen molar-refractivity contribution < 1.29 is 14.7 Å². The van der Waals surface area contributed by atoms with Gasteiger partial charge in [-0.15, -0.1) is 0 Å². The van der Waals surface area contributed by atoms with Crippen LogP contribution in [0.4, 0.5) is 0 Å². The summed E-state index contributed by atoms with van der Waals surface area (Å²) >= 11 is 0. The number of benzene rings is 1. The van der Waals surface area contributed by atoms with Crippen molar-refractivity contribution in [3.63, 3.8) is 0 Å². The fourth-order valence-corrected chi connectivity index (χ4v) is 4.42. The summed E-state index contributed by atoms with van der Waals surface area (Å²) in [6.07, 6.45) is 4.11. The Balaban J connectivity index is 1.41. The van der Waals surface area contributed by atoms with Crippen LogP contribution in [0.15, 0.2) is 60.9 Å². The molecule has 0 aliphatic carbocycles. The van der Waals surface area contributed by atoms with Gasteiger partial charge in [0.25, 0.3) is 11.8 Å². The molecular formula is C25H26N6O3. The van der Waals surface area contributed by atoms with Crippen molar-refractivity contribution in [3.8, 4) is 0 Å². The monoisotopic (exact) mass is 458 g/mol. The van der Waals surface area contributed by atoms with Crippen molar-refractivity contribution in [1.82, 2.24) is 29.4 Å². The highest BCUT2D eigenvalue weighted by atomic mass is 16.3. The molecule has 4 aromatic rings. The molecule has 0 unspecified atom stereocenters. The normalized spacial score (nSPS) is 14.1. The molecule has 2 N–H and O–H groups in total. The van der Waals surface area contributed by atoms with Gasteiger partial charge in [0, 0.05) is 36.6 Å². The number of rotatable bonds is 6. The number of pyridine rings is 1.